The fourth-order valence-electron chi connectivity index (χ4n) is 7.00. The van der Waals surface area contributed by atoms with Gasteiger partial charge in [-0.15, -0.1) is 0 Å². The number of carbonyl (C=O) groups is 2. The van der Waals surface area contributed by atoms with Gasteiger partial charge in [-0.25, -0.2) is 15.0 Å². The number of phenolic OH excluding ortho intramolecular Hbond substituents is 1. The van der Waals surface area contributed by atoms with Crippen molar-refractivity contribution in [2.45, 2.75) is 18.9 Å². The highest BCUT2D eigenvalue weighted by atomic mass is 16.3. The average Bonchev–Trinajstić information content (AvgIpc) is 3.72. The van der Waals surface area contributed by atoms with Crippen molar-refractivity contribution in [3.05, 3.63) is 113 Å². The van der Waals surface area contributed by atoms with E-state index in [0.717, 1.165) is 72.6 Å². The van der Waals surface area contributed by atoms with Crippen molar-refractivity contribution in [3.8, 4) is 34.1 Å². The zero-order valence-corrected chi connectivity index (χ0v) is 27.6. The summed E-state index contributed by atoms with van der Waals surface area (Å²) < 4.78 is 2.04. The highest BCUT2D eigenvalue weighted by molar-refractivity contribution is 5.97. The topological polar surface area (TPSA) is 142 Å². The van der Waals surface area contributed by atoms with Crippen molar-refractivity contribution in [1.82, 2.24) is 29.7 Å². The number of hydrogen-bond donors (Lipinski definition) is 3. The number of amides is 1. The maximum atomic E-state index is 13.1. The molecular weight excluding hydrogens is 628 g/mol. The highest BCUT2D eigenvalue weighted by Gasteiger charge is 2.27. The van der Waals surface area contributed by atoms with Gasteiger partial charge in [0.1, 0.15) is 17.1 Å². The van der Waals surface area contributed by atoms with Gasteiger partial charge in [0.15, 0.2) is 17.8 Å². The summed E-state index contributed by atoms with van der Waals surface area (Å²) in [6.07, 6.45) is 3.69. The van der Waals surface area contributed by atoms with Crippen LogP contribution in [0.3, 0.4) is 0 Å². The smallest absolute Gasteiger partial charge is 0.251 e. The molecule has 11 nitrogen and oxygen atoms in total. The molecule has 2 aliphatic rings. The molecule has 4 N–H and O–H groups in total. The lowest BCUT2D eigenvalue weighted by Gasteiger charge is -2.34. The number of fused-ring (bicyclic) bond motifs is 2. The monoisotopic (exact) mass is 664 g/mol. The third-order valence-corrected chi connectivity index (χ3v) is 9.78. The summed E-state index contributed by atoms with van der Waals surface area (Å²) in [6, 6.07) is 26.6. The van der Waals surface area contributed by atoms with Crippen LogP contribution in [0, 0.1) is 0 Å². The van der Waals surface area contributed by atoms with Crippen LogP contribution in [-0.2, 0) is 6.42 Å². The number of nitrogens with two attached hydrogens (primary N) is 1. The molecule has 8 rings (SSSR count). The van der Waals surface area contributed by atoms with Crippen LogP contribution in [0.25, 0.3) is 39.5 Å². The molecule has 0 radical (unpaired) electrons. The molecule has 1 saturated heterocycles. The number of benzene rings is 3. The molecule has 0 saturated carbocycles. The molecule has 1 aliphatic carbocycles. The quantitative estimate of drug-likeness (QED) is 0.191. The molecule has 1 atom stereocenters. The Morgan fingerprint density at radius 2 is 1.80 bits per heavy atom. The summed E-state index contributed by atoms with van der Waals surface area (Å²) in [4.78, 5) is 43.8. The molecule has 6 aromatic rings. The molecule has 1 aliphatic heterocycles. The Morgan fingerprint density at radius 1 is 0.940 bits per heavy atom. The summed E-state index contributed by atoms with van der Waals surface area (Å²) in [6.45, 7) is 4.02. The van der Waals surface area contributed by atoms with Crippen molar-refractivity contribution in [1.29, 1.82) is 0 Å². The van der Waals surface area contributed by atoms with E-state index in [4.69, 9.17) is 15.7 Å². The van der Waals surface area contributed by atoms with Gasteiger partial charge in [0, 0.05) is 54.9 Å². The van der Waals surface area contributed by atoms with E-state index >= 15 is 0 Å². The number of pyridine rings is 2. The first-order valence-electron chi connectivity index (χ1n) is 16.7. The Balaban J connectivity index is 1.17. The van der Waals surface area contributed by atoms with Gasteiger partial charge in [-0.2, -0.15) is 0 Å². The first kappa shape index (κ1) is 31.2. The lowest BCUT2D eigenvalue weighted by Crippen LogP contribution is -2.44. The van der Waals surface area contributed by atoms with E-state index in [1.807, 2.05) is 41.0 Å². The Kier molecular flexibility index (Phi) is 7.96. The van der Waals surface area contributed by atoms with E-state index in [1.165, 1.54) is 23.9 Å². The number of aryl methyl sites for hydroxylation is 1. The van der Waals surface area contributed by atoms with Gasteiger partial charge in [-0.1, -0.05) is 18.2 Å². The molecule has 50 heavy (non-hydrogen) atoms. The predicted molar refractivity (Wildman–Crippen MR) is 194 cm³/mol. The van der Waals surface area contributed by atoms with Crippen LogP contribution in [0.15, 0.2) is 91.1 Å². The Bertz CT molecular complexity index is 2270. The maximum Gasteiger partial charge on any atom is 0.251 e. The van der Waals surface area contributed by atoms with Crippen LogP contribution in [0.2, 0.25) is 0 Å². The average molecular weight is 665 g/mol. The first-order chi connectivity index (χ1) is 24.4. The number of aldehydes is 1. The number of piperazine rings is 1. The van der Waals surface area contributed by atoms with Gasteiger partial charge in [-0.3, -0.25) is 14.2 Å². The number of phenols is 1. The minimum atomic E-state index is -0.307. The van der Waals surface area contributed by atoms with Gasteiger partial charge in [-0.05, 0) is 97.7 Å². The van der Waals surface area contributed by atoms with Gasteiger partial charge in [0.05, 0.1) is 22.9 Å². The van der Waals surface area contributed by atoms with Crippen LogP contribution in [0.5, 0.6) is 5.75 Å². The molecule has 11 heteroatoms. The SMILES string of the molecule is CN1CCN(c2cccc(-c3ccc4nc(-c5cccnc5N)n(-c5ccc6c(c5)CC[C@@H]6NC(=O)c5ccc(O)c(C=O)c5)c4n3)c2)CC1. The predicted octanol–water partition coefficient (Wildman–Crippen LogP) is 5.42. The number of likely N-dealkylation sites (N-methyl/N-ethyl adjacent to an activating group) is 1. The molecular formula is C39H36N8O3. The fourth-order valence-corrected chi connectivity index (χ4v) is 7.00. The second-order valence-electron chi connectivity index (χ2n) is 12.9. The van der Waals surface area contributed by atoms with E-state index in [1.54, 1.807) is 6.20 Å². The minimum Gasteiger partial charge on any atom is -0.507 e. The molecule has 0 bridgehead atoms. The number of aromatic nitrogens is 4. The maximum absolute atomic E-state index is 13.1. The third-order valence-electron chi connectivity index (χ3n) is 9.78. The molecule has 1 fully saturated rings. The third kappa shape index (κ3) is 5.71. The van der Waals surface area contributed by atoms with E-state index < -0.39 is 0 Å². The lowest BCUT2D eigenvalue weighted by molar-refractivity contribution is 0.0936. The van der Waals surface area contributed by atoms with Gasteiger partial charge in [0.25, 0.3) is 5.91 Å². The number of nitrogens with one attached hydrogen (secondary N) is 1. The molecule has 4 heterocycles. The van der Waals surface area contributed by atoms with Crippen LogP contribution in [-0.4, -0.2) is 74.9 Å². The Labute approximate surface area is 289 Å². The lowest BCUT2D eigenvalue weighted by atomic mass is 10.1. The second-order valence-corrected chi connectivity index (χ2v) is 12.9. The zero-order chi connectivity index (χ0) is 34.4. The Morgan fingerprint density at radius 3 is 2.62 bits per heavy atom. The molecule has 3 aromatic heterocycles. The van der Waals surface area contributed by atoms with Crippen molar-refractivity contribution in [2.24, 2.45) is 0 Å². The van der Waals surface area contributed by atoms with Crippen molar-refractivity contribution < 1.29 is 14.7 Å². The van der Waals surface area contributed by atoms with E-state index in [0.29, 0.717) is 34.7 Å². The first-order valence-corrected chi connectivity index (χ1v) is 16.7. The normalized spacial score (nSPS) is 16.0. The number of aromatic hydroxyl groups is 1. The number of anilines is 2. The van der Waals surface area contributed by atoms with Crippen molar-refractivity contribution in [3.63, 3.8) is 0 Å². The van der Waals surface area contributed by atoms with Crippen LogP contribution >= 0.6 is 0 Å². The van der Waals surface area contributed by atoms with Gasteiger partial charge < -0.3 is 26.0 Å². The van der Waals surface area contributed by atoms with E-state index in [9.17, 15) is 14.7 Å². The minimum absolute atomic E-state index is 0.0752. The second kappa shape index (κ2) is 12.8. The fraction of sp³-hybridized carbons (Fsp3) is 0.205. The van der Waals surface area contributed by atoms with Crippen LogP contribution in [0.1, 0.15) is 44.3 Å². The number of rotatable bonds is 7. The number of nitrogen functional groups attached to an aromatic ring is 1. The van der Waals surface area contributed by atoms with E-state index in [2.05, 4.69) is 57.5 Å². The largest absolute Gasteiger partial charge is 0.507 e. The van der Waals surface area contributed by atoms with Gasteiger partial charge in [0.2, 0.25) is 0 Å². The summed E-state index contributed by atoms with van der Waals surface area (Å²) in [5, 5.41) is 13.0. The molecule has 3 aromatic carbocycles. The van der Waals surface area contributed by atoms with Crippen LogP contribution < -0.4 is 16.0 Å². The summed E-state index contributed by atoms with van der Waals surface area (Å²) in [5.74, 6) is 0.552. The Hall–Kier alpha value is -6.07. The molecule has 0 spiro atoms. The van der Waals surface area contributed by atoms with Crippen molar-refractivity contribution in [2.75, 3.05) is 43.9 Å². The van der Waals surface area contributed by atoms with E-state index in [-0.39, 0.29) is 23.3 Å². The van der Waals surface area contributed by atoms with Crippen LogP contribution in [0.4, 0.5) is 11.5 Å². The van der Waals surface area contributed by atoms with Crippen molar-refractivity contribution >= 4 is 34.9 Å². The summed E-state index contributed by atoms with van der Waals surface area (Å²) >= 11 is 0. The molecule has 1 amide bonds. The number of nitrogens with zero attached hydrogens (tertiary/aromatic N) is 6. The number of carbonyl (C=O) groups excluding carboxylic acids is 2. The number of imidazole rings is 1. The molecule has 0 unspecified atom stereocenters. The number of hydrogen-bond acceptors (Lipinski definition) is 9. The highest BCUT2D eigenvalue weighted by Crippen LogP contribution is 2.37. The summed E-state index contributed by atoms with van der Waals surface area (Å²) in [5.41, 5.74) is 15.0. The molecule has 250 valence electrons. The standard InChI is InChI=1S/C39H36N8O3/c1-45-16-18-46(19-17-45)28-5-2-4-25(22-28)32-12-13-34-38(42-32)47(37(43-34)31-6-3-15-41-36(31)40)29-9-10-30-24(21-29)7-11-33(30)44-39(50)26-8-14-35(49)27(20-26)23-48/h2-6,8-10,12-15,20-23,33,49H,7,11,16-19H2,1H3,(H2,40,41)(H,44,50)/t33-/m0/s1. The van der Waals surface area contributed by atoms with Gasteiger partial charge >= 0.3 is 0 Å². The zero-order valence-electron chi connectivity index (χ0n) is 27.6. The summed E-state index contributed by atoms with van der Waals surface area (Å²) in [7, 11) is 2.16.